The van der Waals surface area contributed by atoms with Crippen molar-refractivity contribution in [1.82, 2.24) is 15.1 Å². The first-order valence-electron chi connectivity index (χ1n) is 8.64. The number of para-hydroxylation sites is 1. The molecule has 0 saturated heterocycles. The number of hydrogen-bond acceptors (Lipinski definition) is 4. The van der Waals surface area contributed by atoms with Gasteiger partial charge < -0.3 is 15.7 Å². The molecule has 132 valence electrons. The van der Waals surface area contributed by atoms with Crippen LogP contribution in [0.4, 0.5) is 5.69 Å². The fourth-order valence-electron chi connectivity index (χ4n) is 3.35. The van der Waals surface area contributed by atoms with Crippen molar-refractivity contribution >= 4 is 11.7 Å². The molecule has 1 aromatic heterocycles. The van der Waals surface area contributed by atoms with Gasteiger partial charge in [0.05, 0.1) is 6.54 Å². The average molecular weight is 340 g/mol. The fraction of sp³-hybridized carbons (Fsp3) is 0.368. The lowest BCUT2D eigenvalue weighted by Gasteiger charge is -2.24. The number of allylic oxidation sites excluding steroid dienone is 1. The molecular weight excluding hydrogens is 316 g/mol. The largest absolute Gasteiger partial charge is 0.476 e. The monoisotopic (exact) mass is 340 g/mol. The highest BCUT2D eigenvalue weighted by Crippen LogP contribution is 2.25. The molecule has 6 nitrogen and oxygen atoms in total. The van der Waals surface area contributed by atoms with Gasteiger partial charge in [-0.25, -0.2) is 4.79 Å². The maximum Gasteiger partial charge on any atom is 0.356 e. The van der Waals surface area contributed by atoms with Crippen molar-refractivity contribution in [2.24, 2.45) is 0 Å². The van der Waals surface area contributed by atoms with E-state index in [1.165, 1.54) is 0 Å². The Hall–Kier alpha value is -2.60. The van der Waals surface area contributed by atoms with Crippen LogP contribution >= 0.6 is 0 Å². The second-order valence-corrected chi connectivity index (χ2v) is 6.24. The third-order valence-electron chi connectivity index (χ3n) is 4.51. The van der Waals surface area contributed by atoms with Gasteiger partial charge in [0.1, 0.15) is 0 Å². The highest BCUT2D eigenvalue weighted by atomic mass is 16.4. The molecule has 2 aromatic rings. The Labute approximate surface area is 147 Å². The molecule has 0 fully saturated rings. The quantitative estimate of drug-likeness (QED) is 0.508. The minimum atomic E-state index is -0.953. The molecule has 1 aromatic carbocycles. The number of fused-ring (bicyclic) bond motifs is 1. The van der Waals surface area contributed by atoms with E-state index in [1.807, 2.05) is 30.3 Å². The number of benzene rings is 1. The van der Waals surface area contributed by atoms with E-state index in [1.54, 1.807) is 10.8 Å². The van der Waals surface area contributed by atoms with Crippen LogP contribution in [0, 0.1) is 0 Å². The van der Waals surface area contributed by atoms with Gasteiger partial charge in [-0.3, -0.25) is 4.68 Å². The molecule has 0 saturated carbocycles. The molecular formula is C19H24N4O2. The van der Waals surface area contributed by atoms with Gasteiger partial charge >= 0.3 is 5.97 Å². The first kappa shape index (κ1) is 17.2. The normalized spacial score (nSPS) is 16.2. The van der Waals surface area contributed by atoms with E-state index in [4.69, 9.17) is 0 Å². The van der Waals surface area contributed by atoms with Crippen molar-refractivity contribution in [2.45, 2.75) is 31.8 Å². The lowest BCUT2D eigenvalue weighted by molar-refractivity contribution is 0.0688. The predicted octanol–water partition coefficient (Wildman–Crippen LogP) is 2.33. The summed E-state index contributed by atoms with van der Waals surface area (Å²) in [6.07, 6.45) is 4.28. The number of aromatic carboxylic acids is 1. The molecule has 1 atom stereocenters. The average Bonchev–Trinajstić information content (AvgIpc) is 2.98. The molecule has 0 aliphatic heterocycles. The first-order chi connectivity index (χ1) is 12.2. The smallest absolute Gasteiger partial charge is 0.356 e. The zero-order valence-corrected chi connectivity index (χ0v) is 14.2. The van der Waals surface area contributed by atoms with Gasteiger partial charge in [0, 0.05) is 36.1 Å². The summed E-state index contributed by atoms with van der Waals surface area (Å²) in [7, 11) is 0. The van der Waals surface area contributed by atoms with Crippen molar-refractivity contribution in [3.05, 3.63) is 59.9 Å². The van der Waals surface area contributed by atoms with E-state index in [0.717, 1.165) is 42.9 Å². The topological polar surface area (TPSA) is 79.2 Å². The Balaban J connectivity index is 1.57. The summed E-state index contributed by atoms with van der Waals surface area (Å²) in [5.74, 6) is -0.953. The summed E-state index contributed by atoms with van der Waals surface area (Å²) in [5.41, 5.74) is 3.20. The molecule has 1 heterocycles. The zero-order chi connectivity index (χ0) is 17.6. The molecule has 0 radical (unpaired) electrons. The fourth-order valence-corrected chi connectivity index (χ4v) is 3.35. The van der Waals surface area contributed by atoms with E-state index >= 15 is 0 Å². The number of nitrogens with zero attached hydrogens (tertiary/aromatic N) is 2. The van der Waals surface area contributed by atoms with Crippen LogP contribution in [0.15, 0.2) is 43.0 Å². The molecule has 0 amide bonds. The molecule has 3 rings (SSSR count). The van der Waals surface area contributed by atoms with Crippen LogP contribution in [0.2, 0.25) is 0 Å². The standard InChI is InChI=1S/C19H24N4O2/c1-2-12-23-17-9-8-15(13-16(17)18(22-23)19(24)25)21-11-10-20-14-6-4-3-5-7-14/h2-7,15,20-21H,1,8-13H2,(H,24,25)/t15-/m0/s1. The number of carboxylic acid groups (broad SMARTS) is 1. The van der Waals surface area contributed by atoms with Crippen LogP contribution in [0.5, 0.6) is 0 Å². The SMILES string of the molecule is C=CCn1nc(C(=O)O)c2c1CC[C@H](NCCNc1ccccc1)C2. The molecule has 3 N–H and O–H groups in total. The predicted molar refractivity (Wildman–Crippen MR) is 98.1 cm³/mol. The van der Waals surface area contributed by atoms with Gasteiger partial charge in [-0.2, -0.15) is 5.10 Å². The van der Waals surface area contributed by atoms with E-state index in [-0.39, 0.29) is 11.7 Å². The minimum absolute atomic E-state index is 0.186. The van der Waals surface area contributed by atoms with E-state index < -0.39 is 5.97 Å². The number of hydrogen-bond donors (Lipinski definition) is 3. The van der Waals surface area contributed by atoms with Crippen molar-refractivity contribution in [2.75, 3.05) is 18.4 Å². The van der Waals surface area contributed by atoms with E-state index in [0.29, 0.717) is 13.0 Å². The Bertz CT molecular complexity index is 739. The third kappa shape index (κ3) is 4.09. The number of carbonyl (C=O) groups is 1. The number of anilines is 1. The summed E-state index contributed by atoms with van der Waals surface area (Å²) >= 11 is 0. The third-order valence-corrected chi connectivity index (χ3v) is 4.51. The highest BCUT2D eigenvalue weighted by Gasteiger charge is 2.28. The minimum Gasteiger partial charge on any atom is -0.476 e. The lowest BCUT2D eigenvalue weighted by Crippen LogP contribution is -2.37. The van der Waals surface area contributed by atoms with Crippen molar-refractivity contribution in [3.63, 3.8) is 0 Å². The molecule has 0 spiro atoms. The maximum atomic E-state index is 11.5. The number of nitrogens with one attached hydrogen (secondary N) is 2. The van der Waals surface area contributed by atoms with Gasteiger partial charge in [0.2, 0.25) is 0 Å². The summed E-state index contributed by atoms with van der Waals surface area (Å²) in [4.78, 5) is 11.5. The molecule has 0 bridgehead atoms. The number of carboxylic acids is 1. The highest BCUT2D eigenvalue weighted by molar-refractivity contribution is 5.87. The van der Waals surface area contributed by atoms with Crippen molar-refractivity contribution in [3.8, 4) is 0 Å². The summed E-state index contributed by atoms with van der Waals surface area (Å²) in [6, 6.07) is 10.4. The second-order valence-electron chi connectivity index (χ2n) is 6.24. The molecule has 0 unspecified atom stereocenters. The molecule has 1 aliphatic carbocycles. The van der Waals surface area contributed by atoms with Gasteiger partial charge in [-0.1, -0.05) is 24.3 Å². The maximum absolute atomic E-state index is 11.5. The van der Waals surface area contributed by atoms with Crippen molar-refractivity contribution in [1.29, 1.82) is 0 Å². The first-order valence-corrected chi connectivity index (χ1v) is 8.64. The van der Waals surface area contributed by atoms with Crippen molar-refractivity contribution < 1.29 is 9.90 Å². The summed E-state index contributed by atoms with van der Waals surface area (Å²) in [5, 5.41) is 20.6. The van der Waals surface area contributed by atoms with Gasteiger partial charge in [-0.15, -0.1) is 6.58 Å². The van der Waals surface area contributed by atoms with E-state index in [2.05, 4.69) is 22.3 Å². The van der Waals surface area contributed by atoms with Crippen LogP contribution in [0.1, 0.15) is 28.2 Å². The van der Waals surface area contributed by atoms with Crippen LogP contribution in [-0.4, -0.2) is 40.0 Å². The number of rotatable bonds is 8. The zero-order valence-electron chi connectivity index (χ0n) is 14.2. The Morgan fingerprint density at radius 1 is 1.36 bits per heavy atom. The van der Waals surface area contributed by atoms with Gasteiger partial charge in [0.25, 0.3) is 0 Å². The molecule has 6 heteroatoms. The Morgan fingerprint density at radius 3 is 2.88 bits per heavy atom. The van der Waals surface area contributed by atoms with Gasteiger partial charge in [0.15, 0.2) is 5.69 Å². The van der Waals surface area contributed by atoms with Gasteiger partial charge in [-0.05, 0) is 31.4 Å². The number of aromatic nitrogens is 2. The Morgan fingerprint density at radius 2 is 2.16 bits per heavy atom. The lowest BCUT2D eigenvalue weighted by atomic mass is 9.91. The molecule has 25 heavy (non-hydrogen) atoms. The van der Waals surface area contributed by atoms with Crippen LogP contribution in [0.25, 0.3) is 0 Å². The van der Waals surface area contributed by atoms with Crippen LogP contribution in [0.3, 0.4) is 0 Å². The second kappa shape index (κ2) is 7.98. The summed E-state index contributed by atoms with van der Waals surface area (Å²) < 4.78 is 1.78. The van der Waals surface area contributed by atoms with Crippen LogP contribution < -0.4 is 10.6 Å². The van der Waals surface area contributed by atoms with Crippen LogP contribution in [-0.2, 0) is 19.4 Å². The van der Waals surface area contributed by atoms with E-state index in [9.17, 15) is 9.90 Å². The molecule has 1 aliphatic rings. The Kier molecular flexibility index (Phi) is 5.50. The summed E-state index contributed by atoms with van der Waals surface area (Å²) in [6.45, 7) is 5.93.